The van der Waals surface area contributed by atoms with Gasteiger partial charge in [-0.05, 0) is 57.1 Å². The number of hydrogen-bond donors (Lipinski definition) is 3. The van der Waals surface area contributed by atoms with E-state index < -0.39 is 0 Å². The molecule has 0 aromatic heterocycles. The van der Waals surface area contributed by atoms with Crippen molar-refractivity contribution in [2.24, 2.45) is 0 Å². The minimum Gasteiger partial charge on any atom is -0.507 e. The van der Waals surface area contributed by atoms with Crippen LogP contribution in [-0.4, -0.2) is 41.5 Å². The van der Waals surface area contributed by atoms with Crippen LogP contribution in [-0.2, 0) is 4.79 Å². The average molecular weight is 583 g/mol. The topological polar surface area (TPSA) is 78.4 Å². The van der Waals surface area contributed by atoms with Crippen LogP contribution in [0, 0.1) is 0 Å². The summed E-state index contributed by atoms with van der Waals surface area (Å²) in [6.07, 6.45) is 33.2. The van der Waals surface area contributed by atoms with Crippen LogP contribution in [0.1, 0.15) is 68.6 Å². The van der Waals surface area contributed by atoms with Gasteiger partial charge in [0.25, 0.3) is 5.91 Å². The molecule has 0 fully saturated rings. The fourth-order valence-corrected chi connectivity index (χ4v) is 5.07. The number of aromatic hydroxyl groups is 1. The number of nitrogens with one attached hydrogen (secondary N) is 2. The fraction of sp³-hybridized carbons (Fsp3) is 0.394. The van der Waals surface area contributed by atoms with E-state index in [0.29, 0.717) is 19.5 Å². The van der Waals surface area contributed by atoms with Crippen LogP contribution in [0.2, 0.25) is 0 Å². The lowest BCUT2D eigenvalue weighted by Crippen LogP contribution is -2.26. The number of rotatable bonds is 22. The number of carbonyl (C=O) groups excluding carboxylic acids is 2. The molecule has 1 aromatic carbocycles. The molecule has 0 aliphatic heterocycles. The van der Waals surface area contributed by atoms with Gasteiger partial charge in [-0.1, -0.05) is 114 Å². The van der Waals surface area contributed by atoms with Crippen molar-refractivity contribution in [3.8, 4) is 5.75 Å². The molecule has 218 valence electrons. The lowest BCUT2D eigenvalue weighted by molar-refractivity contribution is -0.120. The normalized spacial score (nSPS) is 12.2. The quantitative estimate of drug-likeness (QED) is 0.0731. The zero-order valence-electron chi connectivity index (χ0n) is 23.8. The number of amides is 2. The number of carbonyl (C=O) groups is 2. The molecule has 5 nitrogen and oxygen atoms in total. The zero-order valence-corrected chi connectivity index (χ0v) is 25.4. The molecule has 2 amide bonds. The molecule has 0 aliphatic carbocycles. The molecular formula is C33H46N2O3S2. The summed E-state index contributed by atoms with van der Waals surface area (Å²) < 4.78 is 0. The summed E-state index contributed by atoms with van der Waals surface area (Å²) in [6.45, 7) is 3.30. The molecule has 0 saturated heterocycles. The maximum Gasteiger partial charge on any atom is 0.255 e. The summed E-state index contributed by atoms with van der Waals surface area (Å²) in [6, 6.07) is 6.50. The van der Waals surface area contributed by atoms with Crippen molar-refractivity contribution in [3.05, 3.63) is 103 Å². The minimum atomic E-state index is -0.275. The highest BCUT2D eigenvalue weighted by Gasteiger charge is 2.08. The van der Waals surface area contributed by atoms with Crippen molar-refractivity contribution in [1.82, 2.24) is 10.6 Å². The van der Waals surface area contributed by atoms with Gasteiger partial charge in [-0.15, -0.1) is 0 Å². The number of allylic oxidation sites excluding steroid dienone is 12. The van der Waals surface area contributed by atoms with E-state index in [2.05, 4.69) is 90.5 Å². The standard InChI is InChI=1S/C33H46N2O3S2/c1-2-3-4-5-6-7-8-9-10-11-12-13-14-15-16-17-18-19-20-25-32(37)34-26-28-39-40-29-27-35-33(38)30-23-21-22-24-31(30)36/h3-4,6-7,9-10,12-13,15-16,18-19,21-24,36H,2,5,8,11,14,17,20,25-29H2,1H3,(H,34,37)(H,35,38)/b4-3-,7-6-,10-9-,13-12-,16-15-,19-18-. The molecule has 1 rings (SSSR count). The van der Waals surface area contributed by atoms with Gasteiger partial charge in [-0.2, -0.15) is 0 Å². The second-order valence-electron chi connectivity index (χ2n) is 8.72. The Labute approximate surface area is 249 Å². The summed E-state index contributed by atoms with van der Waals surface area (Å²) in [5.41, 5.74) is 0.284. The Bertz CT molecular complexity index is 997. The molecule has 0 aliphatic rings. The number of phenolic OH excluding ortho intramolecular Hbond substituents is 1. The summed E-state index contributed by atoms with van der Waals surface area (Å²) in [4.78, 5) is 23.9. The molecule has 7 heteroatoms. The first kappa shape index (κ1) is 35.1. The van der Waals surface area contributed by atoms with Crippen molar-refractivity contribution in [3.63, 3.8) is 0 Å². The van der Waals surface area contributed by atoms with Crippen LogP contribution in [0.3, 0.4) is 0 Å². The highest BCUT2D eigenvalue weighted by molar-refractivity contribution is 8.76. The average Bonchev–Trinajstić information content (AvgIpc) is 2.95. The van der Waals surface area contributed by atoms with Gasteiger partial charge >= 0.3 is 0 Å². The third-order valence-electron chi connectivity index (χ3n) is 5.35. The van der Waals surface area contributed by atoms with Gasteiger partial charge in [0.1, 0.15) is 5.75 Å². The zero-order chi connectivity index (χ0) is 28.9. The summed E-state index contributed by atoms with van der Waals surface area (Å²) in [5.74, 6) is 1.34. The van der Waals surface area contributed by atoms with Crippen molar-refractivity contribution in [1.29, 1.82) is 0 Å². The van der Waals surface area contributed by atoms with E-state index in [-0.39, 0.29) is 23.1 Å². The molecule has 0 heterocycles. The highest BCUT2D eigenvalue weighted by atomic mass is 33.1. The molecule has 1 aromatic rings. The smallest absolute Gasteiger partial charge is 0.255 e. The Morgan fingerprint density at radius 2 is 1.18 bits per heavy atom. The number of benzene rings is 1. The van der Waals surface area contributed by atoms with E-state index in [1.165, 1.54) is 6.07 Å². The van der Waals surface area contributed by atoms with E-state index in [9.17, 15) is 14.7 Å². The van der Waals surface area contributed by atoms with Crippen LogP contribution in [0.25, 0.3) is 0 Å². The Hall–Kier alpha value is -2.90. The van der Waals surface area contributed by atoms with Crippen LogP contribution in [0.15, 0.2) is 97.2 Å². The molecule has 0 atom stereocenters. The predicted octanol–water partition coefficient (Wildman–Crippen LogP) is 8.10. The van der Waals surface area contributed by atoms with E-state index in [0.717, 1.165) is 56.5 Å². The van der Waals surface area contributed by atoms with Crippen LogP contribution >= 0.6 is 21.6 Å². The first-order valence-electron chi connectivity index (χ1n) is 14.1. The van der Waals surface area contributed by atoms with Crippen molar-refractivity contribution < 1.29 is 14.7 Å². The van der Waals surface area contributed by atoms with Gasteiger partial charge in [0.15, 0.2) is 0 Å². The van der Waals surface area contributed by atoms with E-state index >= 15 is 0 Å². The van der Waals surface area contributed by atoms with Gasteiger partial charge in [0.2, 0.25) is 5.91 Å². The highest BCUT2D eigenvalue weighted by Crippen LogP contribution is 2.20. The van der Waals surface area contributed by atoms with E-state index in [4.69, 9.17) is 0 Å². The van der Waals surface area contributed by atoms with Gasteiger partial charge in [0.05, 0.1) is 5.56 Å². The molecule has 0 unspecified atom stereocenters. The van der Waals surface area contributed by atoms with Crippen LogP contribution in [0.5, 0.6) is 5.75 Å². The van der Waals surface area contributed by atoms with Crippen LogP contribution in [0.4, 0.5) is 0 Å². The largest absolute Gasteiger partial charge is 0.507 e. The Balaban J connectivity index is 1.92. The van der Waals surface area contributed by atoms with Gasteiger partial charge in [-0.25, -0.2) is 0 Å². The lowest BCUT2D eigenvalue weighted by atomic mass is 10.2. The minimum absolute atomic E-state index is 0.0152. The Morgan fingerprint density at radius 3 is 1.70 bits per heavy atom. The SMILES string of the molecule is CC/C=C\C/C=C\C/C=C\C/C=C\C/C=C\C/C=C\CCC(=O)NCCSSCCNC(=O)c1ccccc1O. The van der Waals surface area contributed by atoms with Gasteiger partial charge in [0, 0.05) is 31.0 Å². The maximum atomic E-state index is 12.0. The molecule has 0 bridgehead atoms. The fourth-order valence-electron chi connectivity index (χ4n) is 3.26. The third kappa shape index (κ3) is 21.0. The molecule has 0 spiro atoms. The molecule has 3 N–H and O–H groups in total. The van der Waals surface area contributed by atoms with Crippen LogP contribution < -0.4 is 10.6 Å². The Kier molecular flexibility index (Phi) is 23.1. The Morgan fingerprint density at radius 1 is 0.700 bits per heavy atom. The van der Waals surface area contributed by atoms with Crippen molar-refractivity contribution in [2.75, 3.05) is 24.6 Å². The van der Waals surface area contributed by atoms with E-state index in [1.807, 2.05) is 0 Å². The maximum absolute atomic E-state index is 12.0. The predicted molar refractivity (Wildman–Crippen MR) is 176 cm³/mol. The summed E-state index contributed by atoms with van der Waals surface area (Å²) >= 11 is 0. The van der Waals surface area contributed by atoms with Crippen molar-refractivity contribution in [2.45, 2.75) is 58.3 Å². The third-order valence-corrected chi connectivity index (χ3v) is 7.75. The molecular weight excluding hydrogens is 537 g/mol. The molecule has 40 heavy (non-hydrogen) atoms. The monoisotopic (exact) mass is 582 g/mol. The van der Waals surface area contributed by atoms with Crippen molar-refractivity contribution >= 4 is 33.4 Å². The van der Waals surface area contributed by atoms with Gasteiger partial charge < -0.3 is 15.7 Å². The molecule has 0 saturated carbocycles. The summed E-state index contributed by atoms with van der Waals surface area (Å²) in [5, 5.41) is 15.4. The summed E-state index contributed by atoms with van der Waals surface area (Å²) in [7, 11) is 3.31. The number of phenols is 1. The van der Waals surface area contributed by atoms with E-state index in [1.54, 1.807) is 39.8 Å². The van der Waals surface area contributed by atoms with Gasteiger partial charge in [-0.3, -0.25) is 9.59 Å². The number of hydrogen-bond acceptors (Lipinski definition) is 5. The molecule has 0 radical (unpaired) electrons. The first-order chi connectivity index (χ1) is 19.6. The second-order valence-corrected chi connectivity index (χ2v) is 11.4. The lowest BCUT2D eigenvalue weighted by Gasteiger charge is -2.07. The second kappa shape index (κ2) is 26.3. The number of para-hydroxylation sites is 1. The first-order valence-corrected chi connectivity index (χ1v) is 16.6.